The topological polar surface area (TPSA) is 114 Å². The molecule has 0 fully saturated rings. The highest BCUT2D eigenvalue weighted by molar-refractivity contribution is 7.91. The molecular formula is C36H36ClN3O5S2. The predicted molar refractivity (Wildman–Crippen MR) is 185 cm³/mol. The first-order valence-electron chi connectivity index (χ1n) is 15.8. The van der Waals surface area contributed by atoms with Gasteiger partial charge in [0, 0.05) is 24.1 Å². The van der Waals surface area contributed by atoms with E-state index in [-0.39, 0.29) is 22.5 Å². The molecule has 1 aliphatic carbocycles. The monoisotopic (exact) mass is 689 g/mol. The molecule has 2 heterocycles. The van der Waals surface area contributed by atoms with Gasteiger partial charge in [-0.05, 0) is 79.0 Å². The minimum absolute atomic E-state index is 0.0853. The number of nitrogens with zero attached hydrogens (tertiary/aromatic N) is 1. The summed E-state index contributed by atoms with van der Waals surface area (Å²) in [6, 6.07) is 26.5. The summed E-state index contributed by atoms with van der Waals surface area (Å²) in [5.41, 5.74) is 5.87. The van der Waals surface area contributed by atoms with Crippen LogP contribution in [0.1, 0.15) is 53.5 Å². The van der Waals surface area contributed by atoms with Gasteiger partial charge in [-0.2, -0.15) is 0 Å². The van der Waals surface area contributed by atoms with E-state index in [9.17, 15) is 18.0 Å². The quantitative estimate of drug-likeness (QED) is 0.161. The summed E-state index contributed by atoms with van der Waals surface area (Å²) in [6.45, 7) is 0.151. The van der Waals surface area contributed by atoms with Crippen LogP contribution in [0.25, 0.3) is 0 Å². The average Bonchev–Trinajstić information content (AvgIpc) is 3.51. The lowest BCUT2D eigenvalue weighted by Gasteiger charge is -2.23. The number of aryl methyl sites for hydroxylation is 2. The lowest BCUT2D eigenvalue weighted by Crippen LogP contribution is -2.41. The predicted octanol–water partition coefficient (Wildman–Crippen LogP) is 6.14. The van der Waals surface area contributed by atoms with Gasteiger partial charge in [0.2, 0.25) is 10.0 Å². The molecule has 2 aliphatic rings. The van der Waals surface area contributed by atoms with E-state index in [1.54, 1.807) is 12.1 Å². The second-order valence-electron chi connectivity index (χ2n) is 11.9. The van der Waals surface area contributed by atoms with Crippen LogP contribution in [0.15, 0.2) is 94.1 Å². The Hall–Kier alpha value is -3.67. The number of hydrogen-bond donors (Lipinski definition) is 2. The number of halogens is 1. The van der Waals surface area contributed by atoms with Crippen LogP contribution in [-0.2, 0) is 38.9 Å². The molecule has 0 bridgehead atoms. The lowest BCUT2D eigenvalue weighted by molar-refractivity contribution is -0.133. The highest BCUT2D eigenvalue weighted by atomic mass is 35.5. The summed E-state index contributed by atoms with van der Waals surface area (Å²) < 4.78 is 34.6. The molecule has 0 saturated carbocycles. The molecule has 1 aliphatic heterocycles. The molecule has 0 amide bonds. The van der Waals surface area contributed by atoms with E-state index < -0.39 is 22.2 Å². The summed E-state index contributed by atoms with van der Waals surface area (Å²) in [6.07, 6.45) is 4.41. The number of aliphatic imine (C=N–C) groups is 1. The third-order valence-corrected chi connectivity index (χ3v) is 11.7. The second kappa shape index (κ2) is 15.0. The molecular weight excluding hydrogens is 654 g/mol. The van der Waals surface area contributed by atoms with Gasteiger partial charge in [0.05, 0.1) is 16.6 Å². The Morgan fingerprint density at radius 1 is 0.915 bits per heavy atom. The van der Waals surface area contributed by atoms with E-state index in [0.717, 1.165) is 64.8 Å². The molecule has 2 atom stereocenters. The first kappa shape index (κ1) is 33.2. The normalized spacial score (nSPS) is 18.5. The molecule has 0 spiro atoms. The van der Waals surface area contributed by atoms with Crippen LogP contribution in [0.4, 0.5) is 0 Å². The fourth-order valence-corrected chi connectivity index (χ4v) is 8.79. The number of ether oxygens (including phenoxy) is 1. The fraction of sp³-hybridized carbons (Fsp3) is 0.306. The van der Waals surface area contributed by atoms with Crippen LogP contribution in [0, 0.1) is 5.92 Å². The van der Waals surface area contributed by atoms with Gasteiger partial charge < -0.3 is 4.74 Å². The van der Waals surface area contributed by atoms with Crippen molar-refractivity contribution in [2.24, 2.45) is 10.9 Å². The standard InChI is InChI=1S/C36H36ClN3O5S2/c37-32-18-19-34(46-32)47(43,44)39-22-24-8-4-5-12-27-21-29(16-14-28(27)20-24)45-33(42)23-38-36-31(41)17-15-25-9-6-7-13-30(25)35(40-36)26-10-2-1-3-11-26/h1-3,6-7,9-11,13-14,16,18-19,21,24,36,38-39H,4-5,8,12,15,17,20,22-23H2/t24-,36-/m0/s1. The smallest absolute Gasteiger partial charge is 0.325 e. The number of sulfonamides is 1. The van der Waals surface area contributed by atoms with E-state index in [1.165, 1.54) is 6.07 Å². The number of carbonyl (C=O) groups excluding carboxylic acids is 2. The maximum Gasteiger partial charge on any atom is 0.325 e. The van der Waals surface area contributed by atoms with Crippen LogP contribution in [0.3, 0.4) is 0 Å². The summed E-state index contributed by atoms with van der Waals surface area (Å²) in [5, 5.41) is 3.04. The zero-order valence-electron chi connectivity index (χ0n) is 25.8. The largest absolute Gasteiger partial charge is 0.426 e. The van der Waals surface area contributed by atoms with E-state index in [0.29, 0.717) is 41.6 Å². The van der Waals surface area contributed by atoms with E-state index in [1.807, 2.05) is 66.7 Å². The molecule has 4 aromatic rings. The Kier molecular flexibility index (Phi) is 10.6. The molecule has 0 radical (unpaired) electrons. The Balaban J connectivity index is 1.10. The minimum atomic E-state index is -3.62. The van der Waals surface area contributed by atoms with Crippen molar-refractivity contribution in [1.29, 1.82) is 0 Å². The lowest BCUT2D eigenvalue weighted by atomic mass is 9.86. The molecule has 1 aromatic heterocycles. The van der Waals surface area contributed by atoms with Crippen molar-refractivity contribution in [3.8, 4) is 5.75 Å². The van der Waals surface area contributed by atoms with Gasteiger partial charge in [-0.25, -0.2) is 13.1 Å². The van der Waals surface area contributed by atoms with Gasteiger partial charge in [0.1, 0.15) is 9.96 Å². The molecule has 11 heteroatoms. The van der Waals surface area contributed by atoms with Crippen molar-refractivity contribution in [3.63, 3.8) is 0 Å². The third-order valence-electron chi connectivity index (χ3n) is 8.57. The van der Waals surface area contributed by atoms with Gasteiger partial charge >= 0.3 is 5.97 Å². The number of benzene rings is 3. The molecule has 0 saturated heterocycles. The first-order chi connectivity index (χ1) is 22.7. The maximum absolute atomic E-state index is 13.2. The van der Waals surface area contributed by atoms with Gasteiger partial charge in [0.25, 0.3) is 0 Å². The van der Waals surface area contributed by atoms with Crippen molar-refractivity contribution < 1.29 is 22.7 Å². The molecule has 6 rings (SSSR count). The van der Waals surface area contributed by atoms with E-state index >= 15 is 0 Å². The summed E-state index contributed by atoms with van der Waals surface area (Å²) in [7, 11) is -3.62. The summed E-state index contributed by atoms with van der Waals surface area (Å²) in [4.78, 5) is 31.0. The van der Waals surface area contributed by atoms with E-state index in [4.69, 9.17) is 21.3 Å². The minimum Gasteiger partial charge on any atom is -0.426 e. The first-order valence-corrected chi connectivity index (χ1v) is 18.5. The van der Waals surface area contributed by atoms with Crippen LogP contribution in [0.5, 0.6) is 5.75 Å². The van der Waals surface area contributed by atoms with Crippen molar-refractivity contribution in [3.05, 3.63) is 117 Å². The molecule has 2 N–H and O–H groups in total. The number of carbonyl (C=O) groups is 2. The van der Waals surface area contributed by atoms with Crippen LogP contribution in [-0.4, -0.2) is 45.1 Å². The number of Topliss-reactive ketones (excluding diaryl/α,β-unsaturated/α-hetero) is 1. The Morgan fingerprint density at radius 2 is 1.72 bits per heavy atom. The maximum atomic E-state index is 13.2. The van der Waals surface area contributed by atoms with Gasteiger partial charge in [-0.15, -0.1) is 11.3 Å². The van der Waals surface area contributed by atoms with Crippen molar-refractivity contribution >= 4 is 50.4 Å². The molecule has 244 valence electrons. The van der Waals surface area contributed by atoms with Crippen molar-refractivity contribution in [2.45, 2.75) is 55.3 Å². The van der Waals surface area contributed by atoms with Gasteiger partial charge in [-0.3, -0.25) is 19.9 Å². The number of fused-ring (bicyclic) bond motifs is 2. The fourth-order valence-electron chi connectivity index (χ4n) is 6.14. The zero-order chi connectivity index (χ0) is 32.8. The highest BCUT2D eigenvalue weighted by Crippen LogP contribution is 2.29. The van der Waals surface area contributed by atoms with Gasteiger partial charge in [-0.1, -0.05) is 78.7 Å². The number of ketones is 1. The molecule has 47 heavy (non-hydrogen) atoms. The highest BCUT2D eigenvalue weighted by Gasteiger charge is 2.25. The van der Waals surface area contributed by atoms with Crippen LogP contribution < -0.4 is 14.8 Å². The third kappa shape index (κ3) is 8.44. The van der Waals surface area contributed by atoms with Crippen molar-refractivity contribution in [2.75, 3.05) is 13.1 Å². The van der Waals surface area contributed by atoms with E-state index in [2.05, 4.69) is 10.0 Å². The Bertz CT molecular complexity index is 1890. The van der Waals surface area contributed by atoms with Gasteiger partial charge in [0.15, 0.2) is 11.9 Å². The Morgan fingerprint density at radius 3 is 2.53 bits per heavy atom. The Labute approximate surface area is 284 Å². The number of esters is 1. The number of rotatable bonds is 9. The zero-order valence-corrected chi connectivity index (χ0v) is 28.2. The molecule has 3 aromatic carbocycles. The summed E-state index contributed by atoms with van der Waals surface area (Å²) in [5.74, 6) is -0.0258. The van der Waals surface area contributed by atoms with Crippen LogP contribution >= 0.6 is 22.9 Å². The summed E-state index contributed by atoms with van der Waals surface area (Å²) >= 11 is 6.98. The molecule has 0 unspecified atom stereocenters. The number of thiophene rings is 1. The van der Waals surface area contributed by atoms with Crippen LogP contribution in [0.2, 0.25) is 4.34 Å². The average molecular weight is 690 g/mol. The second-order valence-corrected chi connectivity index (χ2v) is 15.6. The van der Waals surface area contributed by atoms with Crippen molar-refractivity contribution in [1.82, 2.24) is 10.0 Å². The molecule has 8 nitrogen and oxygen atoms in total. The number of hydrogen-bond acceptors (Lipinski definition) is 8. The number of nitrogens with one attached hydrogen (secondary N) is 2. The SMILES string of the molecule is O=C(CN[C@H]1N=C(c2ccccc2)c2ccccc2CCC1=O)Oc1ccc2c(c1)CCCC[C@H](CNS(=O)(=O)c1ccc(Cl)s1)C2.